The summed E-state index contributed by atoms with van der Waals surface area (Å²) in [7, 11) is 1.59. The third-order valence-electron chi connectivity index (χ3n) is 4.18. The molecule has 0 radical (unpaired) electrons. The van der Waals surface area contributed by atoms with E-state index in [2.05, 4.69) is 25.6 Å². The largest absolute Gasteiger partial charge is 0.497 e. The number of hydrogen-bond acceptors (Lipinski definition) is 6. The van der Waals surface area contributed by atoms with E-state index in [9.17, 15) is 8.78 Å². The average molecular weight is 371 g/mol. The Morgan fingerprint density at radius 1 is 1.11 bits per heavy atom. The Balaban J connectivity index is 1.77. The van der Waals surface area contributed by atoms with Crippen LogP contribution in [0.5, 0.6) is 11.5 Å². The van der Waals surface area contributed by atoms with Crippen LogP contribution in [0.2, 0.25) is 0 Å². The van der Waals surface area contributed by atoms with Crippen LogP contribution in [0, 0.1) is 0 Å². The maximum absolute atomic E-state index is 12.8. The highest BCUT2D eigenvalue weighted by molar-refractivity contribution is 5.80. The van der Waals surface area contributed by atoms with Gasteiger partial charge in [0.25, 0.3) is 0 Å². The zero-order valence-corrected chi connectivity index (χ0v) is 14.2. The molecule has 1 aliphatic rings. The van der Waals surface area contributed by atoms with Gasteiger partial charge in [0.15, 0.2) is 0 Å². The van der Waals surface area contributed by atoms with Gasteiger partial charge in [-0.05, 0) is 46.3 Å². The Morgan fingerprint density at radius 2 is 1.89 bits per heavy atom. The zero-order chi connectivity index (χ0) is 18.8. The first-order valence-electron chi connectivity index (χ1n) is 8.10. The van der Waals surface area contributed by atoms with E-state index >= 15 is 0 Å². The quantitative estimate of drug-likeness (QED) is 0.742. The smallest absolute Gasteiger partial charge is 0.387 e. The number of rotatable bonds is 5. The van der Waals surface area contributed by atoms with E-state index in [0.29, 0.717) is 17.2 Å². The van der Waals surface area contributed by atoms with Crippen molar-refractivity contribution in [3.63, 3.8) is 0 Å². The average Bonchev–Trinajstić information content (AvgIpc) is 3.16. The number of hydrogen-bond donors (Lipinski definition) is 1. The molecule has 0 spiro atoms. The second-order valence-corrected chi connectivity index (χ2v) is 5.75. The molecule has 138 valence electrons. The van der Waals surface area contributed by atoms with Gasteiger partial charge in [-0.1, -0.05) is 29.4 Å². The number of alkyl halides is 2. The highest BCUT2D eigenvalue weighted by atomic mass is 19.3. The number of methoxy groups -OCH3 is 1. The molecule has 9 heteroatoms. The molecule has 0 saturated carbocycles. The fraction of sp³-hybridized carbons (Fsp3) is 0.167. The van der Waals surface area contributed by atoms with Gasteiger partial charge in [0.1, 0.15) is 17.5 Å². The van der Waals surface area contributed by atoms with E-state index in [-0.39, 0.29) is 11.8 Å². The second-order valence-electron chi connectivity index (χ2n) is 5.75. The Kier molecular flexibility index (Phi) is 4.41. The molecule has 0 bridgehead atoms. The Labute approximate surface area is 153 Å². The third kappa shape index (κ3) is 3.31. The predicted molar refractivity (Wildman–Crippen MR) is 93.6 cm³/mol. The molecule has 1 atom stereocenters. The van der Waals surface area contributed by atoms with Gasteiger partial charge < -0.3 is 14.8 Å². The minimum absolute atomic E-state index is 0.0701. The van der Waals surface area contributed by atoms with Crippen molar-refractivity contribution in [2.24, 2.45) is 0 Å². The molecule has 4 rings (SSSR count). The first-order chi connectivity index (χ1) is 13.2. The van der Waals surface area contributed by atoms with Gasteiger partial charge in [0.2, 0.25) is 5.95 Å². The maximum Gasteiger partial charge on any atom is 0.387 e. The minimum Gasteiger partial charge on any atom is -0.497 e. The standard InChI is InChI=1S/C18H15F2N5O2/c1-26-12-8-6-11(7-9-12)15-10-14(21-18-22-23-24-25(15)18)13-4-2-3-5-16(13)27-17(19)20/h2-10,15,17H,1H3,(H,21,22,24)/t15-/m0/s1. The number of nitrogens with zero attached hydrogens (tertiary/aromatic N) is 4. The van der Waals surface area contributed by atoms with Crippen molar-refractivity contribution in [2.45, 2.75) is 12.7 Å². The molecule has 27 heavy (non-hydrogen) atoms. The molecule has 1 aliphatic heterocycles. The first-order valence-corrected chi connectivity index (χ1v) is 8.10. The lowest BCUT2D eigenvalue weighted by molar-refractivity contribution is -0.0500. The maximum atomic E-state index is 12.8. The fourth-order valence-electron chi connectivity index (χ4n) is 2.94. The number of tetrazole rings is 1. The number of halogens is 2. The number of ether oxygens (including phenoxy) is 2. The van der Waals surface area contributed by atoms with Crippen molar-refractivity contribution in [2.75, 3.05) is 12.4 Å². The molecule has 0 saturated heterocycles. The summed E-state index contributed by atoms with van der Waals surface area (Å²) < 4.78 is 37.0. The summed E-state index contributed by atoms with van der Waals surface area (Å²) in [5.74, 6) is 1.20. The van der Waals surface area contributed by atoms with Crippen LogP contribution in [-0.4, -0.2) is 33.9 Å². The summed E-state index contributed by atoms with van der Waals surface area (Å²) in [4.78, 5) is 0. The third-order valence-corrected chi connectivity index (χ3v) is 4.18. The molecule has 0 amide bonds. The van der Waals surface area contributed by atoms with E-state index in [1.54, 1.807) is 30.0 Å². The van der Waals surface area contributed by atoms with Crippen molar-refractivity contribution in [3.05, 3.63) is 65.7 Å². The molecular formula is C18H15F2N5O2. The van der Waals surface area contributed by atoms with Crippen molar-refractivity contribution in [1.29, 1.82) is 0 Å². The molecule has 1 N–H and O–H groups in total. The molecule has 2 heterocycles. The summed E-state index contributed by atoms with van der Waals surface area (Å²) in [5.41, 5.74) is 1.98. The first kappa shape index (κ1) is 17.0. The van der Waals surface area contributed by atoms with Gasteiger partial charge >= 0.3 is 6.61 Å². The number of fused-ring (bicyclic) bond motifs is 1. The lowest BCUT2D eigenvalue weighted by Crippen LogP contribution is -2.20. The van der Waals surface area contributed by atoms with E-state index in [1.165, 1.54) is 6.07 Å². The number of anilines is 1. The second kappa shape index (κ2) is 7.02. The SMILES string of the molecule is COc1ccc([C@@H]2C=C(c3ccccc3OC(F)F)Nc3nnnn32)cc1. The van der Waals surface area contributed by atoms with Gasteiger partial charge in [0.05, 0.1) is 12.8 Å². The monoisotopic (exact) mass is 371 g/mol. The summed E-state index contributed by atoms with van der Waals surface area (Å²) >= 11 is 0. The van der Waals surface area contributed by atoms with Gasteiger partial charge in [-0.15, -0.1) is 0 Å². The van der Waals surface area contributed by atoms with Crippen molar-refractivity contribution < 1.29 is 18.3 Å². The number of allylic oxidation sites excluding steroid dienone is 1. The van der Waals surface area contributed by atoms with Crippen LogP contribution >= 0.6 is 0 Å². The van der Waals surface area contributed by atoms with Crippen LogP contribution in [0.25, 0.3) is 5.70 Å². The molecule has 2 aromatic carbocycles. The lowest BCUT2D eigenvalue weighted by atomic mass is 10.0. The minimum atomic E-state index is -2.92. The van der Waals surface area contributed by atoms with E-state index in [0.717, 1.165) is 11.3 Å². The summed E-state index contributed by atoms with van der Waals surface area (Å²) in [6.07, 6.45) is 1.86. The van der Waals surface area contributed by atoms with E-state index in [1.807, 2.05) is 30.3 Å². The van der Waals surface area contributed by atoms with Crippen LogP contribution in [0.4, 0.5) is 14.7 Å². The molecule has 0 fully saturated rings. The Hall–Kier alpha value is -3.49. The predicted octanol–water partition coefficient (Wildman–Crippen LogP) is 3.34. The Bertz CT molecular complexity index is 972. The van der Waals surface area contributed by atoms with Crippen LogP contribution < -0.4 is 14.8 Å². The summed E-state index contributed by atoms with van der Waals surface area (Å²) in [5, 5.41) is 14.8. The highest BCUT2D eigenvalue weighted by Gasteiger charge is 2.26. The molecule has 0 aliphatic carbocycles. The van der Waals surface area contributed by atoms with Crippen molar-refractivity contribution in [1.82, 2.24) is 20.2 Å². The summed E-state index contributed by atoms with van der Waals surface area (Å²) in [6, 6.07) is 13.7. The van der Waals surface area contributed by atoms with Crippen LogP contribution in [-0.2, 0) is 0 Å². The van der Waals surface area contributed by atoms with Gasteiger partial charge in [-0.25, -0.2) is 0 Å². The van der Waals surface area contributed by atoms with E-state index in [4.69, 9.17) is 4.74 Å². The van der Waals surface area contributed by atoms with Crippen LogP contribution in [0.1, 0.15) is 17.2 Å². The fourth-order valence-corrected chi connectivity index (χ4v) is 2.94. The number of benzene rings is 2. The van der Waals surface area contributed by atoms with Gasteiger partial charge in [-0.2, -0.15) is 13.5 Å². The molecule has 1 aromatic heterocycles. The molecule has 7 nitrogen and oxygen atoms in total. The normalized spacial score (nSPS) is 15.7. The lowest BCUT2D eigenvalue weighted by Gasteiger charge is -2.24. The zero-order valence-electron chi connectivity index (χ0n) is 14.2. The van der Waals surface area contributed by atoms with Gasteiger partial charge in [0, 0.05) is 5.56 Å². The molecule has 3 aromatic rings. The van der Waals surface area contributed by atoms with E-state index < -0.39 is 6.61 Å². The van der Waals surface area contributed by atoms with Crippen LogP contribution in [0.15, 0.2) is 54.6 Å². The molecule has 0 unspecified atom stereocenters. The van der Waals surface area contributed by atoms with Crippen molar-refractivity contribution >= 4 is 11.6 Å². The number of para-hydroxylation sites is 1. The topological polar surface area (TPSA) is 74.1 Å². The summed E-state index contributed by atoms with van der Waals surface area (Å²) in [6.45, 7) is -2.92. The molecular weight excluding hydrogens is 356 g/mol. The number of nitrogens with one attached hydrogen (secondary N) is 1. The van der Waals surface area contributed by atoms with Crippen LogP contribution in [0.3, 0.4) is 0 Å². The Morgan fingerprint density at radius 3 is 2.63 bits per heavy atom. The number of aromatic nitrogens is 4. The van der Waals surface area contributed by atoms with Gasteiger partial charge in [-0.3, -0.25) is 0 Å². The highest BCUT2D eigenvalue weighted by Crippen LogP contribution is 2.35. The van der Waals surface area contributed by atoms with Crippen molar-refractivity contribution in [3.8, 4) is 11.5 Å².